The Morgan fingerprint density at radius 2 is 1.21 bits per heavy atom. The molecule has 0 fully saturated rings. The third kappa shape index (κ3) is 5.08. The number of aromatic nitrogens is 1. The van der Waals surface area contributed by atoms with Gasteiger partial charge in [0.15, 0.2) is 5.58 Å². The van der Waals surface area contributed by atoms with Crippen LogP contribution in [-0.2, 0) is 0 Å². The number of fused-ring (bicyclic) bond motifs is 9. The van der Waals surface area contributed by atoms with Gasteiger partial charge in [0.25, 0.3) is 0 Å². The average molecular weight is 745 g/mol. The Kier molecular flexibility index (Phi) is 7.32. The molecule has 0 amide bonds. The minimum atomic E-state index is 0.160. The molecule has 2 aromatic heterocycles. The van der Waals surface area contributed by atoms with Gasteiger partial charge in [-0.1, -0.05) is 133 Å². The Balaban J connectivity index is 0.965. The van der Waals surface area contributed by atoms with Crippen molar-refractivity contribution in [1.29, 1.82) is 0 Å². The fraction of sp³-hybridized carbons (Fsp3) is 0.0370. The molecule has 12 rings (SSSR count). The van der Waals surface area contributed by atoms with E-state index in [2.05, 4.69) is 198 Å². The first kappa shape index (κ1) is 32.7. The van der Waals surface area contributed by atoms with Crippen LogP contribution in [0.25, 0.3) is 60.6 Å². The van der Waals surface area contributed by atoms with Crippen LogP contribution in [-0.4, -0.2) is 4.57 Å². The van der Waals surface area contributed by atoms with Gasteiger partial charge < -0.3 is 18.6 Å². The van der Waals surface area contributed by atoms with Crippen molar-refractivity contribution in [2.75, 3.05) is 4.90 Å². The zero-order valence-corrected chi connectivity index (χ0v) is 31.5. The molecule has 0 N–H and O–H groups in total. The molecule has 0 bridgehead atoms. The van der Waals surface area contributed by atoms with Crippen molar-refractivity contribution < 1.29 is 9.15 Å². The van der Waals surface area contributed by atoms with E-state index in [1.54, 1.807) is 0 Å². The highest BCUT2D eigenvalue weighted by molar-refractivity contribution is 6.11. The molecule has 8 aromatic carbocycles. The second kappa shape index (κ2) is 13.0. The van der Waals surface area contributed by atoms with Crippen LogP contribution in [0.3, 0.4) is 0 Å². The maximum atomic E-state index is 6.64. The van der Waals surface area contributed by atoms with Crippen LogP contribution in [0.2, 0.25) is 0 Å². The number of ether oxygens (including phenoxy) is 1. The summed E-state index contributed by atoms with van der Waals surface area (Å²) in [5.74, 6) is 2.29. The van der Waals surface area contributed by atoms with E-state index in [4.69, 9.17) is 9.15 Å². The molecule has 0 saturated carbocycles. The molecular formula is C54H36N2O2. The highest BCUT2D eigenvalue weighted by Crippen LogP contribution is 2.51. The van der Waals surface area contributed by atoms with Gasteiger partial charge in [0.05, 0.1) is 22.6 Å². The fourth-order valence-corrected chi connectivity index (χ4v) is 9.36. The largest absolute Gasteiger partial charge is 0.461 e. The number of anilines is 3. The number of nitrogens with zero attached hydrogens (tertiary/aromatic N) is 2. The van der Waals surface area contributed by atoms with Gasteiger partial charge in [0.2, 0.25) is 0 Å². The smallest absolute Gasteiger partial charge is 0.159 e. The van der Waals surface area contributed by atoms with Gasteiger partial charge in [-0.05, 0) is 89.5 Å². The molecule has 1 aliphatic carbocycles. The van der Waals surface area contributed by atoms with E-state index in [0.29, 0.717) is 0 Å². The Hall–Kier alpha value is -7.56. The van der Waals surface area contributed by atoms with Crippen molar-refractivity contribution in [3.05, 3.63) is 223 Å². The molecule has 274 valence electrons. The first-order chi connectivity index (χ1) is 28.8. The third-order valence-electron chi connectivity index (χ3n) is 12.0. The van der Waals surface area contributed by atoms with E-state index in [9.17, 15) is 0 Å². The van der Waals surface area contributed by atoms with Crippen LogP contribution < -0.4 is 9.64 Å². The number of furan rings is 1. The number of hydrogen-bond donors (Lipinski definition) is 0. The van der Waals surface area contributed by atoms with Gasteiger partial charge in [0, 0.05) is 50.1 Å². The van der Waals surface area contributed by atoms with Crippen LogP contribution in [0, 0.1) is 0 Å². The molecule has 58 heavy (non-hydrogen) atoms. The van der Waals surface area contributed by atoms with E-state index in [1.165, 1.54) is 38.5 Å². The van der Waals surface area contributed by atoms with Crippen LogP contribution in [0.5, 0.6) is 5.75 Å². The zero-order chi connectivity index (χ0) is 38.2. The van der Waals surface area contributed by atoms with Crippen LogP contribution >= 0.6 is 0 Å². The van der Waals surface area contributed by atoms with Crippen molar-refractivity contribution in [2.45, 2.75) is 11.8 Å². The molecule has 4 nitrogen and oxygen atoms in total. The molecule has 0 radical (unpaired) electrons. The molecule has 3 heterocycles. The van der Waals surface area contributed by atoms with E-state index in [-0.39, 0.29) is 11.8 Å². The third-order valence-corrected chi connectivity index (χ3v) is 12.0. The minimum Gasteiger partial charge on any atom is -0.461 e. The summed E-state index contributed by atoms with van der Waals surface area (Å²) in [6.45, 7) is 0. The maximum absolute atomic E-state index is 6.64. The standard InChI is InChI=1S/C54H36N2O2/c1-2-12-38(13-3-1)56-47-19-7-4-14-42(47)43-33-28-37(34-49(43)56)35-24-29-39(30-25-35)55(48-20-10-18-45-44-15-5-8-21-50(44)58-54(45)48)40-31-26-36(27-32-40)41-17-11-23-52-53(41)46-16-6-9-22-51(46)57-52/h1-34,41,53H. The van der Waals surface area contributed by atoms with E-state index in [1.807, 2.05) is 18.2 Å². The summed E-state index contributed by atoms with van der Waals surface area (Å²) >= 11 is 0. The molecular weight excluding hydrogens is 709 g/mol. The summed E-state index contributed by atoms with van der Waals surface area (Å²) in [4.78, 5) is 2.32. The van der Waals surface area contributed by atoms with Crippen molar-refractivity contribution >= 4 is 60.8 Å². The summed E-state index contributed by atoms with van der Waals surface area (Å²) in [5, 5.41) is 4.71. The molecule has 1 aliphatic heterocycles. The first-order valence-electron chi connectivity index (χ1n) is 19.9. The monoisotopic (exact) mass is 744 g/mol. The Morgan fingerprint density at radius 1 is 0.517 bits per heavy atom. The molecule has 2 atom stereocenters. The lowest BCUT2D eigenvalue weighted by Crippen LogP contribution is -2.13. The number of rotatable bonds is 6. The van der Waals surface area contributed by atoms with Gasteiger partial charge in [-0.15, -0.1) is 0 Å². The lowest BCUT2D eigenvalue weighted by Gasteiger charge is -2.27. The normalized spacial score (nSPS) is 15.8. The van der Waals surface area contributed by atoms with Crippen LogP contribution in [0.4, 0.5) is 17.1 Å². The summed E-state index contributed by atoms with van der Waals surface area (Å²) in [6.07, 6.45) is 6.54. The van der Waals surface area contributed by atoms with Gasteiger partial charge in [0.1, 0.15) is 17.1 Å². The Labute approximate surface area is 335 Å². The molecule has 2 aliphatic rings. The van der Waals surface area contributed by atoms with E-state index >= 15 is 0 Å². The molecule has 4 heteroatoms. The quantitative estimate of drug-likeness (QED) is 0.170. The average Bonchev–Trinajstić information content (AvgIpc) is 3.97. The highest BCUT2D eigenvalue weighted by Gasteiger charge is 2.36. The molecule has 0 saturated heterocycles. The number of hydrogen-bond acceptors (Lipinski definition) is 3. The van der Waals surface area contributed by atoms with E-state index in [0.717, 1.165) is 61.8 Å². The Bertz CT molecular complexity index is 3260. The number of allylic oxidation sites excluding steroid dienone is 4. The number of benzene rings is 8. The SMILES string of the molecule is C1=CC(c2ccc(N(c3ccc(-c4ccc5c6ccccc6n(-c6ccccc6)c5c4)cc3)c3cccc4c3oc3ccccc34)cc2)C2C(=C1)Oc1ccccc12. The summed E-state index contributed by atoms with van der Waals surface area (Å²) < 4.78 is 15.3. The molecule has 2 unspecified atom stereocenters. The molecule has 0 spiro atoms. The van der Waals surface area contributed by atoms with Crippen molar-refractivity contribution in [3.63, 3.8) is 0 Å². The predicted molar refractivity (Wildman–Crippen MR) is 238 cm³/mol. The maximum Gasteiger partial charge on any atom is 0.159 e. The van der Waals surface area contributed by atoms with Gasteiger partial charge in [-0.2, -0.15) is 0 Å². The van der Waals surface area contributed by atoms with Crippen molar-refractivity contribution in [2.24, 2.45) is 0 Å². The predicted octanol–water partition coefficient (Wildman–Crippen LogP) is 14.5. The van der Waals surface area contributed by atoms with Crippen LogP contribution in [0.15, 0.2) is 216 Å². The Morgan fingerprint density at radius 3 is 2.07 bits per heavy atom. The summed E-state index contributed by atoms with van der Waals surface area (Å²) in [6, 6.07) is 67.3. The van der Waals surface area contributed by atoms with Crippen molar-refractivity contribution in [1.82, 2.24) is 4.57 Å². The molecule has 10 aromatic rings. The zero-order valence-electron chi connectivity index (χ0n) is 31.5. The van der Waals surface area contributed by atoms with Crippen LogP contribution in [0.1, 0.15) is 23.0 Å². The van der Waals surface area contributed by atoms with Gasteiger partial charge >= 0.3 is 0 Å². The second-order valence-corrected chi connectivity index (χ2v) is 15.2. The van der Waals surface area contributed by atoms with Gasteiger partial charge in [-0.25, -0.2) is 0 Å². The number of para-hydroxylation sites is 5. The second-order valence-electron chi connectivity index (χ2n) is 15.2. The minimum absolute atomic E-state index is 0.160. The first-order valence-corrected chi connectivity index (χ1v) is 19.9. The lowest BCUT2D eigenvalue weighted by atomic mass is 9.78. The lowest BCUT2D eigenvalue weighted by molar-refractivity contribution is 0.416. The highest BCUT2D eigenvalue weighted by atomic mass is 16.5. The topological polar surface area (TPSA) is 30.5 Å². The fourth-order valence-electron chi connectivity index (χ4n) is 9.36. The van der Waals surface area contributed by atoms with Gasteiger partial charge in [-0.3, -0.25) is 0 Å². The van der Waals surface area contributed by atoms with Crippen molar-refractivity contribution in [3.8, 4) is 22.6 Å². The summed E-state index contributed by atoms with van der Waals surface area (Å²) in [7, 11) is 0. The summed E-state index contributed by atoms with van der Waals surface area (Å²) in [5.41, 5.74) is 13.2. The van der Waals surface area contributed by atoms with E-state index < -0.39 is 0 Å².